The van der Waals surface area contributed by atoms with Gasteiger partial charge in [0.2, 0.25) is 0 Å². The smallest absolute Gasteiger partial charge is 0.0783 e. The van der Waals surface area contributed by atoms with E-state index in [0.717, 1.165) is 51.6 Å². The summed E-state index contributed by atoms with van der Waals surface area (Å²) in [6.07, 6.45) is 21.3. The van der Waals surface area contributed by atoms with Gasteiger partial charge in [-0.25, -0.2) is 0 Å². The maximum absolute atomic E-state index is 5.04. The summed E-state index contributed by atoms with van der Waals surface area (Å²) >= 11 is 0. The molecule has 1 nitrogen and oxygen atoms in total. The molecule has 0 N–H and O–H groups in total. The molecule has 1 aromatic heterocycles. The Kier molecular flexibility index (Phi) is 7.95. The monoisotopic (exact) mass is 627 g/mol. The van der Waals surface area contributed by atoms with Crippen LogP contribution in [0.2, 0.25) is 0 Å². The van der Waals surface area contributed by atoms with Crippen LogP contribution < -0.4 is 0 Å². The third-order valence-corrected chi connectivity index (χ3v) is 9.98. The van der Waals surface area contributed by atoms with Crippen LogP contribution in [0.5, 0.6) is 0 Å². The van der Waals surface area contributed by atoms with Crippen LogP contribution in [0.1, 0.15) is 39.8 Å². The highest BCUT2D eigenvalue weighted by molar-refractivity contribution is 6.10. The maximum Gasteiger partial charge on any atom is 0.0783 e. The average Bonchev–Trinajstić information content (AvgIpc) is 3.22. The average molecular weight is 628 g/mol. The van der Waals surface area contributed by atoms with E-state index in [0.29, 0.717) is 0 Å². The highest BCUT2D eigenvalue weighted by atomic mass is 14.7. The Balaban J connectivity index is 1.51. The quantitative estimate of drug-likeness (QED) is 0.178. The summed E-state index contributed by atoms with van der Waals surface area (Å²) in [7, 11) is 0. The topological polar surface area (TPSA) is 12.9 Å². The van der Waals surface area contributed by atoms with Gasteiger partial charge in [0.15, 0.2) is 0 Å². The van der Waals surface area contributed by atoms with Gasteiger partial charge in [-0.1, -0.05) is 177 Å². The van der Waals surface area contributed by atoms with Crippen LogP contribution in [0.3, 0.4) is 0 Å². The van der Waals surface area contributed by atoms with Crippen molar-refractivity contribution >= 4 is 32.8 Å². The SMILES string of the molecule is C=C1/C=C\C=C/C/C=C(/C2=CC(=C)C(c3ccccc3)(c3ccccc3)c3c(c4ccccc4c4ncccc34)CC=C2)c2ccccc21. The minimum Gasteiger partial charge on any atom is -0.256 e. The Bertz CT molecular complexity index is 2360. The van der Waals surface area contributed by atoms with Crippen molar-refractivity contribution in [1.29, 1.82) is 0 Å². The first kappa shape index (κ1) is 30.3. The van der Waals surface area contributed by atoms with Crippen molar-refractivity contribution in [1.82, 2.24) is 4.98 Å². The summed E-state index contributed by atoms with van der Waals surface area (Å²) < 4.78 is 0. The van der Waals surface area contributed by atoms with Gasteiger partial charge in [0, 0.05) is 17.0 Å². The molecule has 1 heteroatoms. The van der Waals surface area contributed by atoms with E-state index in [-0.39, 0.29) is 0 Å². The van der Waals surface area contributed by atoms with Crippen molar-refractivity contribution in [3.05, 3.63) is 234 Å². The molecule has 0 radical (unpaired) electrons. The number of pyridine rings is 1. The van der Waals surface area contributed by atoms with Gasteiger partial charge in [0.25, 0.3) is 0 Å². The van der Waals surface area contributed by atoms with E-state index < -0.39 is 5.41 Å². The van der Waals surface area contributed by atoms with Gasteiger partial charge >= 0.3 is 0 Å². The minimum absolute atomic E-state index is 0.720. The minimum atomic E-state index is -0.720. The molecule has 0 fully saturated rings. The van der Waals surface area contributed by atoms with Crippen LogP contribution in [0.25, 0.3) is 32.8 Å². The van der Waals surface area contributed by atoms with E-state index in [1.54, 1.807) is 0 Å². The van der Waals surface area contributed by atoms with Crippen molar-refractivity contribution in [3.8, 4) is 0 Å². The number of hydrogen-bond donors (Lipinski definition) is 0. The molecule has 8 rings (SSSR count). The van der Waals surface area contributed by atoms with Gasteiger partial charge in [0.1, 0.15) is 0 Å². The van der Waals surface area contributed by atoms with Crippen LogP contribution in [-0.2, 0) is 11.8 Å². The van der Waals surface area contributed by atoms with Crippen LogP contribution >= 0.6 is 0 Å². The van der Waals surface area contributed by atoms with Crippen molar-refractivity contribution in [2.24, 2.45) is 0 Å². The third kappa shape index (κ3) is 5.16. The Morgan fingerprint density at radius 1 is 0.592 bits per heavy atom. The summed E-state index contributed by atoms with van der Waals surface area (Å²) in [5, 5.41) is 3.53. The van der Waals surface area contributed by atoms with E-state index >= 15 is 0 Å². The summed E-state index contributed by atoms with van der Waals surface area (Å²) in [6.45, 7) is 9.49. The second-order valence-corrected chi connectivity index (χ2v) is 12.7. The zero-order valence-corrected chi connectivity index (χ0v) is 27.5. The molecule has 0 aliphatic heterocycles. The number of benzene rings is 5. The van der Waals surface area contributed by atoms with E-state index in [4.69, 9.17) is 11.6 Å². The third-order valence-electron chi connectivity index (χ3n) is 9.98. The molecule has 5 aromatic carbocycles. The van der Waals surface area contributed by atoms with Gasteiger partial charge in [-0.2, -0.15) is 0 Å². The first-order chi connectivity index (χ1) is 24.2. The van der Waals surface area contributed by atoms with Crippen LogP contribution in [-0.4, -0.2) is 4.98 Å². The molecule has 0 spiro atoms. The number of nitrogens with zero attached hydrogens (tertiary/aromatic N) is 1. The molecule has 0 bridgehead atoms. The molecule has 2 aliphatic carbocycles. The molecule has 2 aliphatic rings. The van der Waals surface area contributed by atoms with Crippen molar-refractivity contribution in [3.63, 3.8) is 0 Å². The van der Waals surface area contributed by atoms with Gasteiger partial charge in [-0.3, -0.25) is 4.98 Å². The van der Waals surface area contributed by atoms with Crippen molar-refractivity contribution in [2.45, 2.75) is 18.3 Å². The molecule has 0 amide bonds. The van der Waals surface area contributed by atoms with E-state index in [2.05, 4.69) is 177 Å². The molecule has 6 aromatic rings. The van der Waals surface area contributed by atoms with Gasteiger partial charge < -0.3 is 0 Å². The number of hydrogen-bond acceptors (Lipinski definition) is 1. The summed E-state index contributed by atoms with van der Waals surface area (Å²) in [4.78, 5) is 5.04. The van der Waals surface area contributed by atoms with E-state index in [1.807, 2.05) is 6.20 Å². The molecular weight excluding hydrogens is 591 g/mol. The van der Waals surface area contributed by atoms with Crippen LogP contribution in [0.4, 0.5) is 0 Å². The lowest BCUT2D eigenvalue weighted by Gasteiger charge is -2.40. The fourth-order valence-corrected chi connectivity index (χ4v) is 7.88. The second-order valence-electron chi connectivity index (χ2n) is 12.7. The predicted octanol–water partition coefficient (Wildman–Crippen LogP) is 11.9. The highest BCUT2D eigenvalue weighted by Crippen LogP contribution is 2.52. The van der Waals surface area contributed by atoms with E-state index in [1.165, 1.54) is 38.6 Å². The maximum atomic E-state index is 5.04. The standard InChI is InChI=1S/C48H37N/c1-34-19-7-3-4-12-26-40(41-27-14-13-25-39(34)41)36-20-17-30-43-42-28-15-16-29-44(42)47-45(31-18-32-49-47)46(43)48(35(2)33-36,37-21-8-5-9-22-37)38-23-10-6-11-24-38/h3-11,13-29,31-33H,1-2,12,30H2/b4-3-,19-7-,20-17?,36-33?,40-26-. The van der Waals surface area contributed by atoms with Crippen molar-refractivity contribution in [2.75, 3.05) is 0 Å². The lowest BCUT2D eigenvalue weighted by molar-refractivity contribution is 0.746. The normalized spacial score (nSPS) is 18.2. The molecule has 1 heterocycles. The van der Waals surface area contributed by atoms with Gasteiger partial charge in [-0.15, -0.1) is 0 Å². The summed E-state index contributed by atoms with van der Waals surface area (Å²) in [5.41, 5.74) is 11.7. The zero-order chi connectivity index (χ0) is 33.2. The Morgan fingerprint density at radius 2 is 1.24 bits per heavy atom. The summed E-state index contributed by atoms with van der Waals surface area (Å²) in [5.74, 6) is 0. The fourth-order valence-electron chi connectivity index (χ4n) is 7.88. The molecule has 0 unspecified atom stereocenters. The van der Waals surface area contributed by atoms with Crippen molar-refractivity contribution < 1.29 is 0 Å². The lowest BCUT2D eigenvalue weighted by Crippen LogP contribution is -2.33. The number of fused-ring (bicyclic) bond motifs is 7. The van der Waals surface area contributed by atoms with Gasteiger partial charge in [0.05, 0.1) is 10.9 Å². The molecular formula is C48H37N. The van der Waals surface area contributed by atoms with Crippen LogP contribution in [0, 0.1) is 0 Å². The number of rotatable bonds is 3. The lowest BCUT2D eigenvalue weighted by atomic mass is 9.62. The molecule has 49 heavy (non-hydrogen) atoms. The predicted molar refractivity (Wildman–Crippen MR) is 208 cm³/mol. The molecule has 0 saturated carbocycles. The Labute approximate surface area is 289 Å². The fraction of sp³-hybridized carbons (Fsp3) is 0.0625. The highest BCUT2D eigenvalue weighted by Gasteiger charge is 2.42. The number of aromatic nitrogens is 1. The van der Waals surface area contributed by atoms with Gasteiger partial charge in [-0.05, 0) is 80.0 Å². The molecule has 0 atom stereocenters. The van der Waals surface area contributed by atoms with E-state index in [9.17, 15) is 0 Å². The molecule has 0 saturated heterocycles. The molecule has 234 valence electrons. The summed E-state index contributed by atoms with van der Waals surface area (Å²) in [6, 6.07) is 43.5. The first-order valence-corrected chi connectivity index (χ1v) is 17.0. The Hall–Kier alpha value is -6.05. The largest absolute Gasteiger partial charge is 0.256 e. The Morgan fingerprint density at radius 3 is 2.00 bits per heavy atom. The number of allylic oxidation sites excluding steroid dienone is 12. The second kappa shape index (κ2) is 12.9. The van der Waals surface area contributed by atoms with Crippen LogP contribution in [0.15, 0.2) is 200 Å². The first-order valence-electron chi connectivity index (χ1n) is 17.0. The zero-order valence-electron chi connectivity index (χ0n) is 27.5.